The molecule has 0 aliphatic carbocycles. The fraction of sp³-hybridized carbons (Fsp3) is 0.409. The molecule has 2 aromatic rings. The van der Waals surface area contributed by atoms with Gasteiger partial charge in [0.15, 0.2) is 6.10 Å². The Morgan fingerprint density at radius 2 is 1.97 bits per heavy atom. The van der Waals surface area contributed by atoms with Gasteiger partial charge >= 0.3 is 0 Å². The molecule has 0 bridgehead atoms. The monoisotopic (exact) mass is 396 g/mol. The number of nitrogens with zero attached hydrogens (tertiary/aromatic N) is 4. The molecule has 1 aromatic carbocycles. The molecule has 2 heterocycles. The Morgan fingerprint density at radius 1 is 1.17 bits per heavy atom. The van der Waals surface area contributed by atoms with Gasteiger partial charge in [0.2, 0.25) is 5.91 Å². The van der Waals surface area contributed by atoms with Gasteiger partial charge < -0.3 is 19.4 Å². The summed E-state index contributed by atoms with van der Waals surface area (Å²) in [7, 11) is 3.97. The summed E-state index contributed by atoms with van der Waals surface area (Å²) in [5.74, 6) is 0.565. The van der Waals surface area contributed by atoms with Crippen LogP contribution < -0.4 is 9.64 Å². The minimum absolute atomic E-state index is 0.0140. The maximum absolute atomic E-state index is 13.0. The van der Waals surface area contributed by atoms with Crippen molar-refractivity contribution in [3.8, 4) is 5.75 Å². The molecule has 0 radical (unpaired) electrons. The Balaban J connectivity index is 1.69. The lowest BCUT2D eigenvalue weighted by Gasteiger charge is -2.33. The van der Waals surface area contributed by atoms with Gasteiger partial charge in [-0.05, 0) is 44.8 Å². The first-order chi connectivity index (χ1) is 14.0. The van der Waals surface area contributed by atoms with Gasteiger partial charge in [-0.25, -0.2) is 0 Å². The number of carbonyl (C=O) groups is 2. The van der Waals surface area contributed by atoms with Crippen LogP contribution in [0, 0.1) is 0 Å². The standard InChI is InChI=1S/C22H28N4O3/c1-17-22(28)26(19-8-4-5-9-20(19)29-17)12-10-21(27)25(14-13-24(2)3)16-18-7-6-11-23-15-18/h4-9,11,15,17H,10,12-14,16H2,1-3H3/t17-/m1/s1. The van der Waals surface area contributed by atoms with Crippen molar-refractivity contribution in [3.63, 3.8) is 0 Å². The van der Waals surface area contributed by atoms with E-state index in [-0.39, 0.29) is 18.2 Å². The molecule has 0 saturated carbocycles. The first kappa shape index (κ1) is 20.8. The summed E-state index contributed by atoms with van der Waals surface area (Å²) in [4.78, 5) is 35.3. The summed E-state index contributed by atoms with van der Waals surface area (Å²) in [5.41, 5.74) is 1.71. The third kappa shape index (κ3) is 5.32. The molecular weight excluding hydrogens is 368 g/mol. The number of carbonyl (C=O) groups excluding carboxylic acids is 2. The topological polar surface area (TPSA) is 66.0 Å². The highest BCUT2D eigenvalue weighted by Crippen LogP contribution is 2.33. The number of rotatable bonds is 8. The van der Waals surface area contributed by atoms with Crippen LogP contribution in [0.2, 0.25) is 0 Å². The Labute approximate surface area is 171 Å². The Hall–Kier alpha value is -2.93. The Kier molecular flexibility index (Phi) is 6.82. The van der Waals surface area contributed by atoms with Crippen LogP contribution in [0.1, 0.15) is 18.9 Å². The van der Waals surface area contributed by atoms with Crippen LogP contribution in [0.15, 0.2) is 48.8 Å². The Morgan fingerprint density at radius 3 is 2.69 bits per heavy atom. The van der Waals surface area contributed by atoms with Crippen LogP contribution in [0.3, 0.4) is 0 Å². The van der Waals surface area contributed by atoms with E-state index < -0.39 is 6.10 Å². The van der Waals surface area contributed by atoms with E-state index >= 15 is 0 Å². The number of ether oxygens (including phenoxy) is 1. The molecule has 29 heavy (non-hydrogen) atoms. The molecule has 0 spiro atoms. The summed E-state index contributed by atoms with van der Waals surface area (Å²) in [6.45, 7) is 3.95. The van der Waals surface area contributed by atoms with Crippen molar-refractivity contribution in [2.24, 2.45) is 0 Å². The molecule has 0 fully saturated rings. The summed E-state index contributed by atoms with van der Waals surface area (Å²) in [6, 6.07) is 11.3. The average molecular weight is 396 g/mol. The molecule has 7 nitrogen and oxygen atoms in total. The second-order valence-corrected chi connectivity index (χ2v) is 7.45. The SMILES string of the molecule is C[C@H]1Oc2ccccc2N(CCC(=O)N(CCN(C)C)Cc2cccnc2)C1=O. The number of fused-ring (bicyclic) bond motifs is 1. The van der Waals surface area contributed by atoms with Gasteiger partial charge in [0.05, 0.1) is 5.69 Å². The van der Waals surface area contributed by atoms with Crippen molar-refractivity contribution in [2.75, 3.05) is 38.6 Å². The molecular formula is C22H28N4O3. The third-order valence-corrected chi connectivity index (χ3v) is 4.89. The predicted molar refractivity (Wildman–Crippen MR) is 112 cm³/mol. The molecule has 0 saturated heterocycles. The first-order valence-electron chi connectivity index (χ1n) is 9.84. The molecule has 1 aliphatic rings. The predicted octanol–water partition coefficient (Wildman–Crippen LogP) is 2.18. The molecule has 1 aromatic heterocycles. The van der Waals surface area contributed by atoms with Crippen molar-refractivity contribution < 1.29 is 14.3 Å². The molecule has 1 atom stereocenters. The van der Waals surface area contributed by atoms with Crippen molar-refractivity contribution in [2.45, 2.75) is 26.0 Å². The number of hydrogen-bond acceptors (Lipinski definition) is 5. The van der Waals surface area contributed by atoms with Gasteiger partial charge in [0.25, 0.3) is 5.91 Å². The average Bonchev–Trinajstić information content (AvgIpc) is 2.72. The van der Waals surface area contributed by atoms with Gasteiger partial charge in [-0.3, -0.25) is 14.6 Å². The lowest BCUT2D eigenvalue weighted by Crippen LogP contribution is -2.46. The van der Waals surface area contributed by atoms with E-state index in [2.05, 4.69) is 4.98 Å². The lowest BCUT2D eigenvalue weighted by molar-refractivity contribution is -0.132. The highest BCUT2D eigenvalue weighted by molar-refractivity contribution is 6.00. The summed E-state index contributed by atoms with van der Waals surface area (Å²) >= 11 is 0. The number of aromatic nitrogens is 1. The van der Waals surface area contributed by atoms with E-state index in [1.54, 1.807) is 24.2 Å². The lowest BCUT2D eigenvalue weighted by atomic mass is 10.1. The van der Waals surface area contributed by atoms with Crippen LogP contribution in [0.4, 0.5) is 5.69 Å². The minimum atomic E-state index is -0.555. The number of amides is 2. The summed E-state index contributed by atoms with van der Waals surface area (Å²) < 4.78 is 5.67. The smallest absolute Gasteiger partial charge is 0.267 e. The fourth-order valence-corrected chi connectivity index (χ4v) is 3.28. The van der Waals surface area contributed by atoms with Crippen molar-refractivity contribution in [1.29, 1.82) is 0 Å². The third-order valence-electron chi connectivity index (χ3n) is 4.89. The van der Waals surface area contributed by atoms with Crippen molar-refractivity contribution in [3.05, 3.63) is 54.4 Å². The maximum Gasteiger partial charge on any atom is 0.267 e. The van der Waals surface area contributed by atoms with Crippen LogP contribution in [-0.4, -0.2) is 66.4 Å². The zero-order chi connectivity index (χ0) is 20.8. The van der Waals surface area contributed by atoms with Gasteiger partial charge in [-0.2, -0.15) is 0 Å². The molecule has 7 heteroatoms. The molecule has 2 amide bonds. The van der Waals surface area contributed by atoms with E-state index in [0.717, 1.165) is 17.8 Å². The van der Waals surface area contributed by atoms with Crippen LogP contribution in [0.25, 0.3) is 0 Å². The van der Waals surface area contributed by atoms with Gasteiger partial charge in [-0.1, -0.05) is 18.2 Å². The van der Waals surface area contributed by atoms with Crippen molar-refractivity contribution >= 4 is 17.5 Å². The highest BCUT2D eigenvalue weighted by atomic mass is 16.5. The zero-order valence-electron chi connectivity index (χ0n) is 17.2. The molecule has 1 aliphatic heterocycles. The van der Waals surface area contributed by atoms with E-state index in [4.69, 9.17) is 4.74 Å². The Bertz CT molecular complexity index is 841. The largest absolute Gasteiger partial charge is 0.479 e. The number of pyridine rings is 1. The van der Waals surface area contributed by atoms with Crippen molar-refractivity contribution in [1.82, 2.24) is 14.8 Å². The fourth-order valence-electron chi connectivity index (χ4n) is 3.28. The van der Waals surface area contributed by atoms with Crippen LogP contribution in [0.5, 0.6) is 5.75 Å². The van der Waals surface area contributed by atoms with Gasteiger partial charge in [0, 0.05) is 45.0 Å². The molecule has 154 valence electrons. The van der Waals surface area contributed by atoms with Crippen LogP contribution >= 0.6 is 0 Å². The number of likely N-dealkylation sites (N-methyl/N-ethyl adjacent to an activating group) is 1. The maximum atomic E-state index is 13.0. The second kappa shape index (κ2) is 9.52. The number of para-hydroxylation sites is 2. The number of benzene rings is 1. The minimum Gasteiger partial charge on any atom is -0.479 e. The summed E-state index contributed by atoms with van der Waals surface area (Å²) in [5, 5.41) is 0. The quantitative estimate of drug-likeness (QED) is 0.684. The van der Waals surface area contributed by atoms with E-state index in [9.17, 15) is 9.59 Å². The first-order valence-corrected chi connectivity index (χ1v) is 9.84. The van der Waals surface area contributed by atoms with E-state index in [0.29, 0.717) is 25.4 Å². The number of hydrogen-bond donors (Lipinski definition) is 0. The normalized spacial score (nSPS) is 15.8. The second-order valence-electron chi connectivity index (χ2n) is 7.45. The molecule has 0 unspecified atom stereocenters. The van der Waals surface area contributed by atoms with Crippen LogP contribution in [-0.2, 0) is 16.1 Å². The van der Waals surface area contributed by atoms with Gasteiger partial charge in [-0.15, -0.1) is 0 Å². The highest BCUT2D eigenvalue weighted by Gasteiger charge is 2.31. The van der Waals surface area contributed by atoms with E-state index in [1.165, 1.54) is 0 Å². The molecule has 0 N–H and O–H groups in total. The van der Waals surface area contributed by atoms with Gasteiger partial charge in [0.1, 0.15) is 5.75 Å². The number of anilines is 1. The molecule has 3 rings (SSSR count). The zero-order valence-corrected chi connectivity index (χ0v) is 17.2. The summed E-state index contributed by atoms with van der Waals surface area (Å²) in [6.07, 6.45) is 3.19. The van der Waals surface area contributed by atoms with E-state index in [1.807, 2.05) is 60.3 Å².